The Morgan fingerprint density at radius 2 is 1.50 bits per heavy atom. The van der Waals surface area contributed by atoms with E-state index in [0.717, 1.165) is 22.3 Å². The molecule has 3 aromatic carbocycles. The number of esters is 1. The maximum atomic E-state index is 11.8. The van der Waals surface area contributed by atoms with Crippen LogP contribution in [0, 0.1) is 0 Å². The predicted molar refractivity (Wildman–Crippen MR) is 97.5 cm³/mol. The molecular weight excluding hydrogens is 300 g/mol. The number of nitrogens with two attached hydrogens (primary N) is 2. The number of methoxy groups -OCH3 is 1. The van der Waals surface area contributed by atoms with Crippen LogP contribution in [0.5, 0.6) is 0 Å². The van der Waals surface area contributed by atoms with Crippen LogP contribution in [0.15, 0.2) is 66.7 Å². The molecule has 0 bridgehead atoms. The molecule has 0 amide bonds. The number of carbonyl (C=O) groups is 1. The number of rotatable bonds is 3. The van der Waals surface area contributed by atoms with E-state index in [1.807, 2.05) is 54.6 Å². The number of nitrogen functional groups attached to an aromatic ring is 2. The standard InChI is InChI=1S/C20H18N2O2/c1-24-20(23)15-4-2-3-14(11-15)19-12-17(22)9-10-18(19)13-5-7-16(21)8-6-13/h2-12H,21-22H2,1H3. The average Bonchev–Trinajstić information content (AvgIpc) is 2.62. The van der Waals surface area contributed by atoms with Gasteiger partial charge in [-0.15, -0.1) is 0 Å². The Bertz CT molecular complexity index is 886. The van der Waals surface area contributed by atoms with Gasteiger partial charge in [-0.1, -0.05) is 30.3 Å². The molecule has 0 fully saturated rings. The zero-order valence-electron chi connectivity index (χ0n) is 13.3. The van der Waals surface area contributed by atoms with Gasteiger partial charge in [0.05, 0.1) is 12.7 Å². The summed E-state index contributed by atoms with van der Waals surface area (Å²) in [6, 6.07) is 20.7. The summed E-state index contributed by atoms with van der Waals surface area (Å²) < 4.78 is 4.80. The summed E-state index contributed by atoms with van der Waals surface area (Å²) in [5.41, 5.74) is 17.5. The minimum Gasteiger partial charge on any atom is -0.465 e. The highest BCUT2D eigenvalue weighted by Crippen LogP contribution is 2.34. The number of hydrogen-bond donors (Lipinski definition) is 2. The van der Waals surface area contributed by atoms with Gasteiger partial charge in [-0.25, -0.2) is 4.79 Å². The zero-order valence-corrected chi connectivity index (χ0v) is 13.3. The lowest BCUT2D eigenvalue weighted by Gasteiger charge is -2.12. The third kappa shape index (κ3) is 3.08. The quantitative estimate of drug-likeness (QED) is 0.566. The maximum Gasteiger partial charge on any atom is 0.337 e. The van der Waals surface area contributed by atoms with Gasteiger partial charge in [0.2, 0.25) is 0 Å². The van der Waals surface area contributed by atoms with Crippen molar-refractivity contribution in [2.75, 3.05) is 18.6 Å². The number of carbonyl (C=O) groups excluding carboxylic acids is 1. The molecule has 24 heavy (non-hydrogen) atoms. The summed E-state index contributed by atoms with van der Waals surface area (Å²) in [6.45, 7) is 0. The first-order valence-corrected chi connectivity index (χ1v) is 7.52. The zero-order chi connectivity index (χ0) is 17.1. The molecule has 0 aliphatic heterocycles. The lowest BCUT2D eigenvalue weighted by molar-refractivity contribution is 0.0601. The molecular formula is C20H18N2O2. The van der Waals surface area contributed by atoms with Crippen molar-refractivity contribution in [2.24, 2.45) is 0 Å². The number of benzene rings is 3. The number of hydrogen-bond acceptors (Lipinski definition) is 4. The van der Waals surface area contributed by atoms with Crippen LogP contribution in [0.2, 0.25) is 0 Å². The maximum absolute atomic E-state index is 11.8. The minimum atomic E-state index is -0.366. The second kappa shape index (κ2) is 6.46. The van der Waals surface area contributed by atoms with E-state index in [1.54, 1.807) is 12.1 Å². The van der Waals surface area contributed by atoms with Gasteiger partial charge < -0.3 is 16.2 Å². The van der Waals surface area contributed by atoms with E-state index in [9.17, 15) is 4.79 Å². The third-order valence-electron chi connectivity index (χ3n) is 3.86. The highest BCUT2D eigenvalue weighted by Gasteiger charge is 2.11. The molecule has 0 saturated heterocycles. The summed E-state index contributed by atoms with van der Waals surface area (Å²) in [6.07, 6.45) is 0. The molecule has 4 heteroatoms. The van der Waals surface area contributed by atoms with Crippen molar-refractivity contribution in [3.63, 3.8) is 0 Å². The molecule has 0 spiro atoms. The van der Waals surface area contributed by atoms with E-state index >= 15 is 0 Å². The molecule has 0 heterocycles. The third-order valence-corrected chi connectivity index (χ3v) is 3.86. The highest BCUT2D eigenvalue weighted by molar-refractivity contribution is 5.93. The van der Waals surface area contributed by atoms with Gasteiger partial charge >= 0.3 is 5.97 Å². The van der Waals surface area contributed by atoms with E-state index in [1.165, 1.54) is 7.11 Å². The highest BCUT2D eigenvalue weighted by atomic mass is 16.5. The van der Waals surface area contributed by atoms with Gasteiger partial charge in [0.15, 0.2) is 0 Å². The summed E-state index contributed by atoms with van der Waals surface area (Å²) in [4.78, 5) is 11.8. The Kier molecular flexibility index (Phi) is 4.20. The minimum absolute atomic E-state index is 0.366. The van der Waals surface area contributed by atoms with Crippen molar-refractivity contribution in [1.29, 1.82) is 0 Å². The molecule has 4 nitrogen and oxygen atoms in total. The fourth-order valence-corrected chi connectivity index (χ4v) is 2.65. The molecule has 120 valence electrons. The largest absolute Gasteiger partial charge is 0.465 e. The molecule has 0 aliphatic carbocycles. The van der Waals surface area contributed by atoms with Crippen molar-refractivity contribution in [2.45, 2.75) is 0 Å². The molecule has 0 aliphatic rings. The molecule has 0 aromatic heterocycles. The average molecular weight is 318 g/mol. The predicted octanol–water partition coefficient (Wildman–Crippen LogP) is 3.97. The molecule has 0 saturated carbocycles. The summed E-state index contributed by atoms with van der Waals surface area (Å²) >= 11 is 0. The van der Waals surface area contributed by atoms with Gasteiger partial charge in [-0.05, 0) is 58.7 Å². The van der Waals surface area contributed by atoms with Gasteiger partial charge in [-0.2, -0.15) is 0 Å². The molecule has 0 radical (unpaired) electrons. The summed E-state index contributed by atoms with van der Waals surface area (Å²) in [5, 5.41) is 0. The van der Waals surface area contributed by atoms with Crippen LogP contribution in [-0.2, 0) is 4.74 Å². The van der Waals surface area contributed by atoms with Gasteiger partial charge in [0.1, 0.15) is 0 Å². The first kappa shape index (κ1) is 15.6. The topological polar surface area (TPSA) is 78.3 Å². The Balaban J connectivity index is 2.15. The van der Waals surface area contributed by atoms with Crippen molar-refractivity contribution in [3.05, 3.63) is 72.3 Å². The Morgan fingerprint density at radius 3 is 2.21 bits per heavy atom. The SMILES string of the molecule is COC(=O)c1cccc(-c2cc(N)ccc2-c2ccc(N)cc2)c1. The van der Waals surface area contributed by atoms with Crippen LogP contribution in [0.1, 0.15) is 10.4 Å². The number of ether oxygens (including phenoxy) is 1. The van der Waals surface area contributed by atoms with Gasteiger partial charge in [-0.3, -0.25) is 0 Å². The fraction of sp³-hybridized carbons (Fsp3) is 0.0500. The molecule has 4 N–H and O–H groups in total. The van der Waals surface area contributed by atoms with Gasteiger partial charge in [0.25, 0.3) is 0 Å². The van der Waals surface area contributed by atoms with Crippen LogP contribution in [-0.4, -0.2) is 13.1 Å². The summed E-state index contributed by atoms with van der Waals surface area (Å²) in [7, 11) is 1.37. The van der Waals surface area contributed by atoms with Gasteiger partial charge in [0, 0.05) is 11.4 Å². The Hall–Kier alpha value is -3.27. The van der Waals surface area contributed by atoms with Crippen LogP contribution in [0.3, 0.4) is 0 Å². The van der Waals surface area contributed by atoms with E-state index < -0.39 is 0 Å². The molecule has 0 unspecified atom stereocenters. The smallest absolute Gasteiger partial charge is 0.337 e. The lowest BCUT2D eigenvalue weighted by atomic mass is 9.93. The normalized spacial score (nSPS) is 10.4. The van der Waals surface area contributed by atoms with E-state index in [0.29, 0.717) is 16.9 Å². The van der Waals surface area contributed by atoms with Crippen molar-refractivity contribution >= 4 is 17.3 Å². The van der Waals surface area contributed by atoms with E-state index in [-0.39, 0.29) is 5.97 Å². The Morgan fingerprint density at radius 1 is 0.792 bits per heavy atom. The van der Waals surface area contributed by atoms with Crippen molar-refractivity contribution in [1.82, 2.24) is 0 Å². The summed E-state index contributed by atoms with van der Waals surface area (Å²) in [5.74, 6) is -0.366. The van der Waals surface area contributed by atoms with E-state index in [2.05, 4.69) is 0 Å². The monoisotopic (exact) mass is 318 g/mol. The second-order valence-electron chi connectivity index (χ2n) is 5.50. The lowest BCUT2D eigenvalue weighted by Crippen LogP contribution is -2.01. The first-order valence-electron chi connectivity index (χ1n) is 7.52. The first-order chi connectivity index (χ1) is 11.6. The molecule has 0 atom stereocenters. The van der Waals surface area contributed by atoms with Crippen molar-refractivity contribution < 1.29 is 9.53 Å². The molecule has 3 rings (SSSR count). The second-order valence-corrected chi connectivity index (χ2v) is 5.50. The van der Waals surface area contributed by atoms with Crippen molar-refractivity contribution in [3.8, 4) is 22.3 Å². The van der Waals surface area contributed by atoms with Crippen LogP contribution in [0.4, 0.5) is 11.4 Å². The van der Waals surface area contributed by atoms with E-state index in [4.69, 9.17) is 16.2 Å². The van der Waals surface area contributed by atoms with Crippen LogP contribution in [0.25, 0.3) is 22.3 Å². The van der Waals surface area contributed by atoms with Crippen LogP contribution >= 0.6 is 0 Å². The van der Waals surface area contributed by atoms with Crippen LogP contribution < -0.4 is 11.5 Å². The number of anilines is 2. The fourth-order valence-electron chi connectivity index (χ4n) is 2.65. The Labute approximate surface area is 140 Å². The molecule has 3 aromatic rings.